The van der Waals surface area contributed by atoms with Gasteiger partial charge in [-0.05, 0) is 18.2 Å². The number of carboxylic acid groups (broad SMARTS) is 1. The lowest BCUT2D eigenvalue weighted by Gasteiger charge is -2.49. The molecule has 0 bridgehead atoms. The highest BCUT2D eigenvalue weighted by atomic mass is 32.2. The van der Waals surface area contributed by atoms with Crippen molar-refractivity contribution in [1.29, 1.82) is 0 Å². The first-order valence-corrected chi connectivity index (χ1v) is 14.1. The van der Waals surface area contributed by atoms with Crippen molar-refractivity contribution in [1.82, 2.24) is 15.2 Å². The number of rotatable bonds is 12. The number of esters is 3. The zero-order valence-corrected chi connectivity index (χ0v) is 25.1. The van der Waals surface area contributed by atoms with E-state index >= 15 is 0 Å². The van der Waals surface area contributed by atoms with Crippen molar-refractivity contribution in [3.8, 4) is 11.5 Å². The number of carbonyl (C=O) groups excluding carboxylic acids is 6. The Bertz CT molecular complexity index is 1700. The highest BCUT2D eigenvalue weighted by Gasteiger charge is 2.54. The highest BCUT2D eigenvalue weighted by molar-refractivity contribution is 8.00. The van der Waals surface area contributed by atoms with E-state index in [-0.39, 0.29) is 52.4 Å². The number of Topliss-reactive ketones (excluding diaryl/α,β-unsaturated/α-hetero) is 1. The summed E-state index contributed by atoms with van der Waals surface area (Å²) in [7, 11) is 0. The van der Waals surface area contributed by atoms with Crippen LogP contribution in [0.5, 0.6) is 11.5 Å². The maximum atomic E-state index is 13.3. The molecule has 0 aliphatic carbocycles. The van der Waals surface area contributed by atoms with Gasteiger partial charge in [0, 0.05) is 37.7 Å². The van der Waals surface area contributed by atoms with Crippen LogP contribution >= 0.6 is 11.8 Å². The highest BCUT2D eigenvalue weighted by Crippen LogP contribution is 2.40. The third kappa shape index (κ3) is 7.49. The van der Waals surface area contributed by atoms with Gasteiger partial charge in [0.1, 0.15) is 35.7 Å². The smallest absolute Gasteiger partial charge is 0.352 e. The lowest BCUT2D eigenvalue weighted by Crippen LogP contribution is -2.71. The second-order valence-electron chi connectivity index (χ2n) is 9.45. The van der Waals surface area contributed by atoms with Crippen molar-refractivity contribution in [2.24, 2.45) is 5.16 Å². The van der Waals surface area contributed by atoms with Crippen molar-refractivity contribution >= 4 is 65.0 Å². The number of hydrogen-bond donors (Lipinski definition) is 3. The molecule has 0 saturated carbocycles. The number of oxazole rings is 1. The number of aliphatic carboxylic acids is 1. The summed E-state index contributed by atoms with van der Waals surface area (Å²) in [6.07, 6.45) is 0.981. The largest absolute Gasteiger partial charge is 0.477 e. The molecule has 2 aliphatic rings. The number of nitrogens with one attached hydrogen (secondary N) is 1. The number of ketones is 1. The standard InChI is InChI=1S/C27H25N5O13S/c1-11(33)41-7-15-10-46-25-21(24(38)32(25)22(15)26(39)40)30-23(37)20(16-8-42-27(28)29-16)31-43-9-17(36)14-4-5-18(44-12(2)34)19(6-14)45-13(3)35/h4-6,8,21,25H,7,9-10H2,1-3H3,(H2,28,29)(H,30,37)(H,39,40)/b31-20-/t21-,25+/m0/s1. The first-order chi connectivity index (χ1) is 21.8. The number of ether oxygens (including phenoxy) is 3. The van der Waals surface area contributed by atoms with Crippen molar-refractivity contribution in [2.45, 2.75) is 32.2 Å². The predicted molar refractivity (Wildman–Crippen MR) is 153 cm³/mol. The fourth-order valence-corrected chi connectivity index (χ4v) is 5.51. The molecule has 1 aromatic carbocycles. The van der Waals surface area contributed by atoms with E-state index in [2.05, 4.69) is 15.5 Å². The number of nitrogen functional groups attached to an aromatic ring is 1. The Morgan fingerprint density at radius 2 is 1.80 bits per heavy atom. The number of hydrogen-bond acceptors (Lipinski definition) is 16. The molecule has 2 atom stereocenters. The molecule has 3 heterocycles. The van der Waals surface area contributed by atoms with Crippen LogP contribution in [0.1, 0.15) is 36.8 Å². The van der Waals surface area contributed by atoms with E-state index < -0.39 is 65.2 Å². The molecule has 1 aromatic heterocycles. The van der Waals surface area contributed by atoms with Gasteiger partial charge < -0.3 is 39.6 Å². The molecule has 242 valence electrons. The normalized spacial score (nSPS) is 17.3. The number of aromatic nitrogens is 1. The fraction of sp³-hybridized carbons (Fsp3) is 0.296. The van der Waals surface area contributed by atoms with Crippen LogP contribution in [-0.2, 0) is 38.3 Å². The summed E-state index contributed by atoms with van der Waals surface area (Å²) < 4.78 is 19.8. The molecule has 46 heavy (non-hydrogen) atoms. The Kier molecular flexibility index (Phi) is 10.0. The Balaban J connectivity index is 1.49. The van der Waals surface area contributed by atoms with Crippen LogP contribution in [0.25, 0.3) is 0 Å². The summed E-state index contributed by atoms with van der Waals surface area (Å²) >= 11 is 1.14. The van der Waals surface area contributed by atoms with Crippen molar-refractivity contribution in [3.63, 3.8) is 0 Å². The summed E-state index contributed by atoms with van der Waals surface area (Å²) in [4.78, 5) is 95.0. The Morgan fingerprint density at radius 3 is 2.41 bits per heavy atom. The molecule has 0 unspecified atom stereocenters. The first kappa shape index (κ1) is 33.2. The minimum Gasteiger partial charge on any atom is -0.477 e. The molecule has 1 saturated heterocycles. The van der Waals surface area contributed by atoms with Crippen LogP contribution in [-0.4, -0.2) is 92.6 Å². The average molecular weight is 660 g/mol. The van der Waals surface area contributed by atoms with Gasteiger partial charge in [0.2, 0.25) is 5.78 Å². The minimum absolute atomic E-state index is 0.0242. The van der Waals surface area contributed by atoms with Gasteiger partial charge in [-0.2, -0.15) is 4.98 Å². The second-order valence-corrected chi connectivity index (χ2v) is 10.6. The minimum atomic E-state index is -1.41. The maximum absolute atomic E-state index is 13.3. The first-order valence-electron chi connectivity index (χ1n) is 13.1. The zero-order chi connectivity index (χ0) is 33.7. The molecule has 19 heteroatoms. The lowest BCUT2D eigenvalue weighted by molar-refractivity contribution is -0.150. The van der Waals surface area contributed by atoms with Gasteiger partial charge in [-0.1, -0.05) is 5.16 Å². The number of amides is 2. The van der Waals surface area contributed by atoms with Crippen LogP contribution in [0.4, 0.5) is 6.01 Å². The summed E-state index contributed by atoms with van der Waals surface area (Å²) in [5.41, 5.74) is 4.62. The van der Waals surface area contributed by atoms with Crippen molar-refractivity contribution in [2.75, 3.05) is 24.7 Å². The molecule has 2 aliphatic heterocycles. The number of thioether (sulfide) groups is 1. The number of carbonyl (C=O) groups is 7. The van der Waals surface area contributed by atoms with E-state index in [9.17, 15) is 38.7 Å². The van der Waals surface area contributed by atoms with E-state index in [4.69, 9.17) is 29.2 Å². The molecule has 2 aromatic rings. The molecule has 1 fully saturated rings. The SMILES string of the molecule is CC(=O)OCC1=C(C(=O)O)N2C(=O)[C@H](NC(=O)/C(=N\OCC(=O)c3ccc(OC(C)=O)c(OC(C)=O)c3)c3coc(N)n3)[C@H]2SC1. The van der Waals surface area contributed by atoms with Gasteiger partial charge in [0.05, 0.1) is 0 Å². The molecular weight excluding hydrogens is 634 g/mol. The van der Waals surface area contributed by atoms with E-state index in [0.717, 1.165) is 49.8 Å². The molecule has 18 nitrogen and oxygen atoms in total. The average Bonchev–Trinajstić information content (AvgIpc) is 3.41. The third-order valence-corrected chi connectivity index (χ3v) is 7.43. The summed E-state index contributed by atoms with van der Waals surface area (Å²) in [5, 5.41) is 15.1. The van der Waals surface area contributed by atoms with Crippen LogP contribution in [0, 0.1) is 0 Å². The van der Waals surface area contributed by atoms with Crippen LogP contribution in [0.15, 0.2) is 45.3 Å². The number of fused-ring (bicyclic) bond motifs is 1. The number of β-lactam (4-membered cyclic amide) rings is 1. The maximum Gasteiger partial charge on any atom is 0.352 e. The summed E-state index contributed by atoms with van der Waals surface area (Å²) in [6.45, 7) is 2.35. The molecule has 4 N–H and O–H groups in total. The van der Waals surface area contributed by atoms with Crippen LogP contribution < -0.4 is 20.5 Å². The zero-order valence-electron chi connectivity index (χ0n) is 24.3. The number of anilines is 1. The lowest BCUT2D eigenvalue weighted by atomic mass is 10.0. The molecule has 2 amide bonds. The molecule has 0 radical (unpaired) electrons. The molecular formula is C27H25N5O13S. The number of nitrogens with two attached hydrogens (primary N) is 1. The van der Waals surface area contributed by atoms with Gasteiger partial charge in [0.25, 0.3) is 17.8 Å². The van der Waals surface area contributed by atoms with E-state index in [1.807, 2.05) is 0 Å². The molecule has 0 spiro atoms. The van der Waals surface area contributed by atoms with Gasteiger partial charge >= 0.3 is 23.9 Å². The van der Waals surface area contributed by atoms with E-state index in [1.165, 1.54) is 12.1 Å². The summed E-state index contributed by atoms with van der Waals surface area (Å²) in [5.74, 6) is -6.10. The predicted octanol–water partition coefficient (Wildman–Crippen LogP) is 0.0127. The van der Waals surface area contributed by atoms with Gasteiger partial charge in [0.15, 0.2) is 23.8 Å². The topological polar surface area (TPSA) is 256 Å². The van der Waals surface area contributed by atoms with E-state index in [1.54, 1.807) is 0 Å². The number of carboxylic acids is 1. The second kappa shape index (κ2) is 13.9. The number of oxime groups is 1. The van der Waals surface area contributed by atoms with Gasteiger partial charge in [-0.15, -0.1) is 11.8 Å². The quantitative estimate of drug-likeness (QED) is 0.0677. The van der Waals surface area contributed by atoms with Gasteiger partial charge in [-0.25, -0.2) is 4.79 Å². The van der Waals surface area contributed by atoms with Crippen molar-refractivity contribution < 1.29 is 62.1 Å². The van der Waals surface area contributed by atoms with Crippen molar-refractivity contribution in [3.05, 3.63) is 47.0 Å². The third-order valence-electron chi connectivity index (χ3n) is 6.09. The molecule has 4 rings (SSSR count). The Morgan fingerprint density at radius 1 is 1.11 bits per heavy atom. The number of nitrogens with zero attached hydrogens (tertiary/aromatic N) is 3. The fourth-order valence-electron chi connectivity index (χ4n) is 4.19. The Labute approximate surface area is 262 Å². The monoisotopic (exact) mass is 659 g/mol. The van der Waals surface area contributed by atoms with Crippen LogP contribution in [0.2, 0.25) is 0 Å². The van der Waals surface area contributed by atoms with Crippen LogP contribution in [0.3, 0.4) is 0 Å². The Hall–Kier alpha value is -5.72. The number of benzene rings is 1. The van der Waals surface area contributed by atoms with Gasteiger partial charge in [-0.3, -0.25) is 33.7 Å². The summed E-state index contributed by atoms with van der Waals surface area (Å²) in [6, 6.07) is 2.14. The van der Waals surface area contributed by atoms with E-state index in [0.29, 0.717) is 0 Å².